The van der Waals surface area contributed by atoms with Crippen LogP contribution in [0.2, 0.25) is 0 Å². The van der Waals surface area contributed by atoms with Gasteiger partial charge in [0.1, 0.15) is 0 Å². The largest absolute Gasteiger partial charge is 0.258 e. The quantitative estimate of drug-likeness (QED) is 0.708. The maximum atomic E-state index is 7.76. The summed E-state index contributed by atoms with van der Waals surface area (Å²) in [7, 11) is 0. The van der Waals surface area contributed by atoms with Crippen LogP contribution in [0.5, 0.6) is 0 Å². The van der Waals surface area contributed by atoms with Crippen LogP contribution in [0.15, 0.2) is 36.4 Å². The zero-order chi connectivity index (χ0) is 15.8. The summed E-state index contributed by atoms with van der Waals surface area (Å²) in [6, 6.07) is 11.6. The molecule has 0 saturated carbocycles. The lowest BCUT2D eigenvalue weighted by Crippen LogP contribution is -2.14. The van der Waals surface area contributed by atoms with E-state index in [0.717, 1.165) is 16.8 Å². The molecular formula is C17H21N. The van der Waals surface area contributed by atoms with Crippen LogP contribution >= 0.6 is 0 Å². The van der Waals surface area contributed by atoms with E-state index in [4.69, 9.17) is 4.11 Å². The number of aromatic nitrogens is 1. The fourth-order valence-electron chi connectivity index (χ4n) is 2.20. The molecule has 94 valence electrons. The molecule has 1 nitrogen and oxygen atoms in total. The highest BCUT2D eigenvalue weighted by atomic mass is 14.7. The Morgan fingerprint density at radius 2 is 1.72 bits per heavy atom. The van der Waals surface area contributed by atoms with E-state index in [9.17, 15) is 0 Å². The molecule has 18 heavy (non-hydrogen) atoms. The molecule has 0 N–H and O–H groups in total. The summed E-state index contributed by atoms with van der Waals surface area (Å²) in [6.07, 6.45) is 0. The predicted octanol–water partition coefficient (Wildman–Crippen LogP) is 4.66. The van der Waals surface area contributed by atoms with Crippen LogP contribution < -0.4 is 0 Å². The lowest BCUT2D eigenvalue weighted by Gasteiger charge is -2.23. The first-order chi connectivity index (χ1) is 9.60. The van der Waals surface area contributed by atoms with Gasteiger partial charge < -0.3 is 0 Å². The Kier molecular flexibility index (Phi) is 2.36. The number of rotatable bonds is 1. The van der Waals surface area contributed by atoms with E-state index in [1.165, 1.54) is 0 Å². The van der Waals surface area contributed by atoms with Crippen molar-refractivity contribution in [3.63, 3.8) is 0 Å². The fourth-order valence-corrected chi connectivity index (χ4v) is 2.20. The van der Waals surface area contributed by atoms with E-state index in [2.05, 4.69) is 25.8 Å². The van der Waals surface area contributed by atoms with Crippen molar-refractivity contribution in [3.05, 3.63) is 53.3 Å². The highest BCUT2D eigenvalue weighted by Gasteiger charge is 2.19. The van der Waals surface area contributed by atoms with Crippen molar-refractivity contribution >= 4 is 0 Å². The topological polar surface area (TPSA) is 12.9 Å². The van der Waals surface area contributed by atoms with Gasteiger partial charge in [0.25, 0.3) is 0 Å². The SMILES string of the molecule is [2H]C([2H])([2H])c1nc(C)c(C(C)(C)C)cc1-c1ccccc1. The summed E-state index contributed by atoms with van der Waals surface area (Å²) in [5, 5.41) is 0. The van der Waals surface area contributed by atoms with E-state index >= 15 is 0 Å². The first kappa shape index (κ1) is 9.32. The van der Waals surface area contributed by atoms with Crippen molar-refractivity contribution in [1.29, 1.82) is 0 Å². The minimum Gasteiger partial charge on any atom is -0.258 e. The zero-order valence-corrected chi connectivity index (χ0v) is 11.4. The van der Waals surface area contributed by atoms with Crippen molar-refractivity contribution in [2.24, 2.45) is 0 Å². The van der Waals surface area contributed by atoms with Gasteiger partial charge in [-0.05, 0) is 36.4 Å². The third-order valence-electron chi connectivity index (χ3n) is 3.11. The molecule has 2 aromatic rings. The molecular weight excluding hydrogens is 218 g/mol. The number of aryl methyl sites for hydroxylation is 2. The van der Waals surface area contributed by atoms with Crippen LogP contribution in [0, 0.1) is 13.8 Å². The second kappa shape index (κ2) is 4.56. The lowest BCUT2D eigenvalue weighted by molar-refractivity contribution is 0.582. The molecule has 0 amide bonds. The molecule has 0 aliphatic rings. The molecule has 1 heterocycles. The maximum Gasteiger partial charge on any atom is 0.0454 e. The smallest absolute Gasteiger partial charge is 0.0454 e. The number of hydrogen-bond acceptors (Lipinski definition) is 1. The van der Waals surface area contributed by atoms with E-state index in [0.29, 0.717) is 5.56 Å². The van der Waals surface area contributed by atoms with Gasteiger partial charge in [-0.2, -0.15) is 0 Å². The highest BCUT2D eigenvalue weighted by Crippen LogP contribution is 2.30. The Labute approximate surface area is 114 Å². The summed E-state index contributed by atoms with van der Waals surface area (Å²) in [5.41, 5.74) is 3.56. The Morgan fingerprint density at radius 1 is 1.06 bits per heavy atom. The molecule has 0 atom stereocenters. The standard InChI is InChI=1S/C17H21N/c1-12-15(14-9-7-6-8-10-14)11-16(13(2)18-12)17(3,4)5/h6-11H,1-5H3/i1D3. The Morgan fingerprint density at radius 3 is 2.28 bits per heavy atom. The third-order valence-corrected chi connectivity index (χ3v) is 3.11. The number of pyridine rings is 1. The monoisotopic (exact) mass is 242 g/mol. The van der Waals surface area contributed by atoms with E-state index in [1.54, 1.807) is 0 Å². The van der Waals surface area contributed by atoms with Crippen molar-refractivity contribution in [3.8, 4) is 11.1 Å². The lowest BCUT2D eigenvalue weighted by atomic mass is 9.84. The van der Waals surface area contributed by atoms with Gasteiger partial charge in [0.05, 0.1) is 0 Å². The summed E-state index contributed by atoms with van der Waals surface area (Å²) in [4.78, 5) is 4.42. The molecule has 1 aromatic heterocycles. The van der Waals surface area contributed by atoms with Gasteiger partial charge >= 0.3 is 0 Å². The molecule has 0 radical (unpaired) electrons. The molecule has 0 aliphatic carbocycles. The third kappa shape index (κ3) is 2.45. The molecule has 1 heteroatoms. The first-order valence-electron chi connectivity index (χ1n) is 7.69. The van der Waals surface area contributed by atoms with Crippen LogP contribution in [0.25, 0.3) is 11.1 Å². The second-order valence-electron chi connectivity index (χ2n) is 5.63. The van der Waals surface area contributed by atoms with Crippen LogP contribution in [0.4, 0.5) is 0 Å². The normalized spacial score (nSPS) is 14.8. The summed E-state index contributed by atoms with van der Waals surface area (Å²) in [5.74, 6) is 0. The van der Waals surface area contributed by atoms with Crippen molar-refractivity contribution in [1.82, 2.24) is 4.98 Å². The average molecular weight is 242 g/mol. The maximum absolute atomic E-state index is 7.76. The molecule has 0 unspecified atom stereocenters. The minimum absolute atomic E-state index is 0.0755. The molecule has 0 saturated heterocycles. The van der Waals surface area contributed by atoms with Gasteiger partial charge in [0.2, 0.25) is 0 Å². The molecule has 2 rings (SSSR count). The first-order valence-corrected chi connectivity index (χ1v) is 6.19. The highest BCUT2D eigenvalue weighted by molar-refractivity contribution is 5.67. The van der Waals surface area contributed by atoms with Crippen LogP contribution in [-0.2, 0) is 5.41 Å². The predicted molar refractivity (Wildman–Crippen MR) is 77.8 cm³/mol. The van der Waals surface area contributed by atoms with Gasteiger partial charge in [0.15, 0.2) is 0 Å². The van der Waals surface area contributed by atoms with Gasteiger partial charge in [0, 0.05) is 21.1 Å². The fraction of sp³-hybridized carbons (Fsp3) is 0.353. The molecule has 0 spiro atoms. The molecule has 1 aromatic carbocycles. The Balaban J connectivity index is 2.76. The van der Waals surface area contributed by atoms with E-state index in [-0.39, 0.29) is 11.1 Å². The van der Waals surface area contributed by atoms with Crippen LogP contribution in [0.3, 0.4) is 0 Å². The second-order valence-corrected chi connectivity index (χ2v) is 5.63. The van der Waals surface area contributed by atoms with Gasteiger partial charge in [-0.1, -0.05) is 51.1 Å². The Hall–Kier alpha value is -1.63. The number of benzene rings is 1. The van der Waals surface area contributed by atoms with Crippen molar-refractivity contribution < 1.29 is 4.11 Å². The molecule has 0 bridgehead atoms. The number of hydrogen-bond donors (Lipinski definition) is 0. The van der Waals surface area contributed by atoms with Gasteiger partial charge in [-0.15, -0.1) is 0 Å². The average Bonchev–Trinajstić information content (AvgIpc) is 2.37. The molecule has 0 fully saturated rings. The summed E-state index contributed by atoms with van der Waals surface area (Å²) < 4.78 is 23.3. The summed E-state index contributed by atoms with van der Waals surface area (Å²) in [6.45, 7) is 6.00. The minimum atomic E-state index is -2.22. The summed E-state index contributed by atoms with van der Waals surface area (Å²) >= 11 is 0. The Bertz CT molecular complexity index is 638. The zero-order valence-electron chi connectivity index (χ0n) is 14.4. The van der Waals surface area contributed by atoms with E-state index in [1.807, 2.05) is 43.3 Å². The van der Waals surface area contributed by atoms with Gasteiger partial charge in [-0.25, -0.2) is 0 Å². The van der Waals surface area contributed by atoms with E-state index < -0.39 is 6.85 Å². The molecule has 0 aliphatic heterocycles. The van der Waals surface area contributed by atoms with Crippen molar-refractivity contribution in [2.45, 2.75) is 40.0 Å². The van der Waals surface area contributed by atoms with Crippen molar-refractivity contribution in [2.75, 3.05) is 0 Å². The van der Waals surface area contributed by atoms with Crippen LogP contribution in [-0.4, -0.2) is 4.98 Å². The number of nitrogens with zero attached hydrogens (tertiary/aromatic N) is 1. The van der Waals surface area contributed by atoms with Gasteiger partial charge in [-0.3, -0.25) is 4.98 Å². The van der Waals surface area contributed by atoms with Crippen LogP contribution in [0.1, 0.15) is 41.8 Å².